The van der Waals surface area contributed by atoms with Crippen LogP contribution in [0.15, 0.2) is 12.7 Å². The van der Waals surface area contributed by atoms with Gasteiger partial charge in [0.15, 0.2) is 0 Å². The smallest absolute Gasteiger partial charge is 0.0160 e. The Kier molecular flexibility index (Phi) is 2.47. The van der Waals surface area contributed by atoms with Gasteiger partial charge >= 0.3 is 0 Å². The highest BCUT2D eigenvalue weighted by Gasteiger charge is 2.29. The van der Waals surface area contributed by atoms with Crippen molar-refractivity contribution in [2.45, 2.75) is 6.42 Å². The van der Waals surface area contributed by atoms with E-state index < -0.39 is 0 Å². The van der Waals surface area contributed by atoms with E-state index in [1.807, 2.05) is 6.08 Å². The van der Waals surface area contributed by atoms with Crippen molar-refractivity contribution in [3.05, 3.63) is 12.7 Å². The number of hydrogen-bond acceptors (Lipinski definition) is 2. The zero-order valence-corrected chi connectivity index (χ0v) is 7.63. The van der Waals surface area contributed by atoms with Crippen molar-refractivity contribution in [3.8, 4) is 0 Å². The summed E-state index contributed by atoms with van der Waals surface area (Å²) in [5, 5.41) is 3.50. The van der Waals surface area contributed by atoms with Gasteiger partial charge in [0.2, 0.25) is 0 Å². The summed E-state index contributed by atoms with van der Waals surface area (Å²) in [5.74, 6) is 1.80. The fourth-order valence-electron chi connectivity index (χ4n) is 2.54. The van der Waals surface area contributed by atoms with Crippen molar-refractivity contribution in [1.82, 2.24) is 10.2 Å². The third kappa shape index (κ3) is 1.70. The van der Waals surface area contributed by atoms with Crippen LogP contribution in [0.1, 0.15) is 6.42 Å². The maximum absolute atomic E-state index is 3.79. The Labute approximate surface area is 74.6 Å². The van der Waals surface area contributed by atoms with Gasteiger partial charge in [0, 0.05) is 19.6 Å². The van der Waals surface area contributed by atoms with Crippen LogP contribution in [0.3, 0.4) is 0 Å². The highest BCUT2D eigenvalue weighted by molar-refractivity contribution is 4.87. The van der Waals surface area contributed by atoms with E-state index in [9.17, 15) is 0 Å². The van der Waals surface area contributed by atoms with Gasteiger partial charge < -0.3 is 5.32 Å². The van der Waals surface area contributed by atoms with Crippen molar-refractivity contribution in [2.24, 2.45) is 11.8 Å². The zero-order chi connectivity index (χ0) is 8.39. The van der Waals surface area contributed by atoms with Crippen LogP contribution < -0.4 is 5.32 Å². The van der Waals surface area contributed by atoms with Gasteiger partial charge in [-0.1, -0.05) is 6.08 Å². The molecule has 0 radical (unpaired) electrons. The summed E-state index contributed by atoms with van der Waals surface area (Å²) in [7, 11) is 0. The molecule has 2 nitrogen and oxygen atoms in total. The van der Waals surface area contributed by atoms with E-state index in [-0.39, 0.29) is 0 Å². The number of likely N-dealkylation sites (tertiary alicyclic amines) is 1. The van der Waals surface area contributed by atoms with Crippen molar-refractivity contribution in [2.75, 3.05) is 32.7 Å². The van der Waals surface area contributed by atoms with Crippen LogP contribution in [-0.4, -0.2) is 37.6 Å². The van der Waals surface area contributed by atoms with E-state index in [4.69, 9.17) is 0 Å². The van der Waals surface area contributed by atoms with Gasteiger partial charge in [-0.3, -0.25) is 4.90 Å². The zero-order valence-electron chi connectivity index (χ0n) is 7.63. The second kappa shape index (κ2) is 3.58. The van der Waals surface area contributed by atoms with Gasteiger partial charge in [-0.05, 0) is 31.3 Å². The summed E-state index contributed by atoms with van der Waals surface area (Å²) in [5.41, 5.74) is 0. The molecule has 0 aromatic heterocycles. The van der Waals surface area contributed by atoms with Gasteiger partial charge in [-0.2, -0.15) is 0 Å². The summed E-state index contributed by atoms with van der Waals surface area (Å²) in [4.78, 5) is 2.53. The molecule has 2 aliphatic heterocycles. The summed E-state index contributed by atoms with van der Waals surface area (Å²) in [6.45, 7) is 9.87. The first-order valence-electron chi connectivity index (χ1n) is 4.92. The van der Waals surface area contributed by atoms with Crippen LogP contribution in [0.5, 0.6) is 0 Å². The molecule has 68 valence electrons. The Hall–Kier alpha value is -0.340. The van der Waals surface area contributed by atoms with E-state index in [0.717, 1.165) is 18.4 Å². The van der Waals surface area contributed by atoms with E-state index in [2.05, 4.69) is 16.8 Å². The fourth-order valence-corrected chi connectivity index (χ4v) is 2.54. The summed E-state index contributed by atoms with van der Waals surface area (Å²) in [6.07, 6.45) is 3.47. The minimum atomic E-state index is 0.900. The molecule has 0 amide bonds. The molecule has 0 spiro atoms. The molecule has 0 aromatic carbocycles. The molecule has 1 N–H and O–H groups in total. The second-order valence-electron chi connectivity index (χ2n) is 4.13. The number of hydrogen-bond donors (Lipinski definition) is 1. The SMILES string of the molecule is C=CCN1C[C@@H]2CNC[C@H](C2)C1. The van der Waals surface area contributed by atoms with Crippen LogP contribution in [0.4, 0.5) is 0 Å². The Morgan fingerprint density at radius 2 is 2.00 bits per heavy atom. The minimum absolute atomic E-state index is 0.900. The maximum atomic E-state index is 3.79. The Balaban J connectivity index is 1.91. The average molecular weight is 166 g/mol. The first-order valence-corrected chi connectivity index (χ1v) is 4.92. The third-order valence-electron chi connectivity index (χ3n) is 2.95. The predicted molar refractivity (Wildman–Crippen MR) is 51.1 cm³/mol. The summed E-state index contributed by atoms with van der Waals surface area (Å²) < 4.78 is 0. The van der Waals surface area contributed by atoms with Gasteiger partial charge in [0.25, 0.3) is 0 Å². The number of piperidine rings is 2. The van der Waals surface area contributed by atoms with Crippen LogP contribution in [0.25, 0.3) is 0 Å². The topological polar surface area (TPSA) is 15.3 Å². The van der Waals surface area contributed by atoms with Crippen molar-refractivity contribution >= 4 is 0 Å². The quantitative estimate of drug-likeness (QED) is 0.608. The molecule has 0 aliphatic carbocycles. The molecule has 0 aromatic rings. The van der Waals surface area contributed by atoms with Crippen LogP contribution in [-0.2, 0) is 0 Å². The Bertz CT molecular complexity index is 155. The molecule has 2 atom stereocenters. The third-order valence-corrected chi connectivity index (χ3v) is 2.95. The molecule has 2 saturated heterocycles. The standard InChI is InChI=1S/C10H18N2/c1-2-3-12-7-9-4-10(8-12)6-11-5-9/h2,9-11H,1,3-8H2/t9-,10-/m0/s1. The molecule has 2 rings (SSSR count). The van der Waals surface area contributed by atoms with E-state index >= 15 is 0 Å². The minimum Gasteiger partial charge on any atom is -0.316 e. The lowest BCUT2D eigenvalue weighted by Gasteiger charge is -2.41. The number of fused-ring (bicyclic) bond motifs is 2. The molecule has 2 aliphatic rings. The van der Waals surface area contributed by atoms with Gasteiger partial charge in [-0.25, -0.2) is 0 Å². The molecule has 2 heterocycles. The average Bonchev–Trinajstić information content (AvgIpc) is 2.04. The molecular formula is C10H18N2. The van der Waals surface area contributed by atoms with Gasteiger partial charge in [-0.15, -0.1) is 6.58 Å². The Morgan fingerprint density at radius 1 is 1.33 bits per heavy atom. The van der Waals surface area contributed by atoms with Crippen LogP contribution >= 0.6 is 0 Å². The Morgan fingerprint density at radius 3 is 2.58 bits per heavy atom. The van der Waals surface area contributed by atoms with Crippen LogP contribution in [0, 0.1) is 11.8 Å². The molecule has 12 heavy (non-hydrogen) atoms. The van der Waals surface area contributed by atoms with Crippen molar-refractivity contribution in [1.29, 1.82) is 0 Å². The lowest BCUT2D eigenvalue weighted by atomic mass is 9.86. The normalized spacial score (nSPS) is 36.3. The molecule has 0 saturated carbocycles. The number of nitrogens with zero attached hydrogens (tertiary/aromatic N) is 1. The van der Waals surface area contributed by atoms with Gasteiger partial charge in [0.1, 0.15) is 0 Å². The highest BCUT2D eigenvalue weighted by Crippen LogP contribution is 2.23. The van der Waals surface area contributed by atoms with E-state index in [1.54, 1.807) is 0 Å². The monoisotopic (exact) mass is 166 g/mol. The molecule has 2 heteroatoms. The lowest BCUT2D eigenvalue weighted by molar-refractivity contribution is 0.107. The molecule has 2 fully saturated rings. The fraction of sp³-hybridized carbons (Fsp3) is 0.800. The van der Waals surface area contributed by atoms with E-state index in [1.165, 1.54) is 32.6 Å². The summed E-state index contributed by atoms with van der Waals surface area (Å²) in [6, 6.07) is 0. The maximum Gasteiger partial charge on any atom is 0.0160 e. The van der Waals surface area contributed by atoms with E-state index in [0.29, 0.717) is 0 Å². The first-order chi connectivity index (χ1) is 5.88. The molecule has 0 unspecified atom stereocenters. The molecular weight excluding hydrogens is 148 g/mol. The van der Waals surface area contributed by atoms with Crippen molar-refractivity contribution in [3.63, 3.8) is 0 Å². The largest absolute Gasteiger partial charge is 0.316 e. The number of rotatable bonds is 2. The predicted octanol–water partition coefficient (Wildman–Crippen LogP) is 0.714. The molecule has 2 bridgehead atoms. The highest BCUT2D eigenvalue weighted by atomic mass is 15.1. The second-order valence-corrected chi connectivity index (χ2v) is 4.13. The van der Waals surface area contributed by atoms with Gasteiger partial charge in [0.05, 0.1) is 0 Å². The van der Waals surface area contributed by atoms with Crippen molar-refractivity contribution < 1.29 is 0 Å². The van der Waals surface area contributed by atoms with Crippen LogP contribution in [0.2, 0.25) is 0 Å². The summed E-state index contributed by atoms with van der Waals surface area (Å²) >= 11 is 0. The first kappa shape index (κ1) is 8.27. The number of nitrogens with one attached hydrogen (secondary N) is 1. The lowest BCUT2D eigenvalue weighted by Crippen LogP contribution is -2.50.